The molecule has 1 unspecified atom stereocenters. The Balaban J connectivity index is 1.49. The summed E-state index contributed by atoms with van der Waals surface area (Å²) in [6.45, 7) is 2.80. The second kappa shape index (κ2) is 6.86. The summed E-state index contributed by atoms with van der Waals surface area (Å²) in [6.07, 6.45) is 1.08. The third-order valence-electron chi connectivity index (χ3n) is 4.44. The largest absolute Gasteiger partial charge is 0.368 e. The third-order valence-corrected chi connectivity index (χ3v) is 4.44. The molecular weight excluding hydrogens is 312 g/mol. The van der Waals surface area contributed by atoms with E-state index >= 15 is 0 Å². The van der Waals surface area contributed by atoms with E-state index in [1.807, 2.05) is 30.3 Å². The molecular formula is C19H21N6+. The fraction of sp³-hybridized carbons (Fsp3) is 0.211. The summed E-state index contributed by atoms with van der Waals surface area (Å²) in [7, 11) is 0. The Hall–Kier alpha value is -2.99. The second-order valence-electron chi connectivity index (χ2n) is 6.30. The number of para-hydroxylation sites is 1. The van der Waals surface area contributed by atoms with Crippen molar-refractivity contribution >= 4 is 17.6 Å². The number of fused-ring (bicyclic) bond motifs is 1. The van der Waals surface area contributed by atoms with Gasteiger partial charge < -0.3 is 16.0 Å². The van der Waals surface area contributed by atoms with Crippen LogP contribution in [0.2, 0.25) is 0 Å². The zero-order valence-electron chi connectivity index (χ0n) is 13.9. The summed E-state index contributed by atoms with van der Waals surface area (Å²) >= 11 is 0. The first-order valence-electron chi connectivity index (χ1n) is 8.49. The molecule has 0 bridgehead atoms. The highest BCUT2D eigenvalue weighted by atomic mass is 15.2. The average molecular weight is 333 g/mol. The Morgan fingerprint density at radius 2 is 1.68 bits per heavy atom. The van der Waals surface area contributed by atoms with Crippen LogP contribution in [0.4, 0.5) is 17.6 Å². The summed E-state index contributed by atoms with van der Waals surface area (Å²) in [5.74, 6) is 1.46. The van der Waals surface area contributed by atoms with E-state index in [2.05, 4.69) is 44.5 Å². The fourth-order valence-electron chi connectivity index (χ4n) is 3.24. The number of hydrogen-bond acceptors (Lipinski definition) is 5. The van der Waals surface area contributed by atoms with E-state index < -0.39 is 0 Å². The van der Waals surface area contributed by atoms with Gasteiger partial charge in [0.1, 0.15) is 13.1 Å². The van der Waals surface area contributed by atoms with E-state index in [-0.39, 0.29) is 5.95 Å². The molecule has 2 heterocycles. The molecule has 126 valence electrons. The molecule has 0 radical (unpaired) electrons. The zero-order valence-corrected chi connectivity index (χ0v) is 13.9. The summed E-state index contributed by atoms with van der Waals surface area (Å²) < 4.78 is 0. The van der Waals surface area contributed by atoms with E-state index in [0.717, 1.165) is 37.6 Å². The molecule has 0 saturated heterocycles. The number of nitrogens with zero attached hydrogens (tertiary/aromatic N) is 3. The van der Waals surface area contributed by atoms with Crippen LogP contribution >= 0.6 is 0 Å². The molecule has 4 rings (SSSR count). The van der Waals surface area contributed by atoms with E-state index in [9.17, 15) is 0 Å². The lowest BCUT2D eigenvalue weighted by molar-refractivity contribution is -0.930. The molecule has 1 atom stereocenters. The van der Waals surface area contributed by atoms with Crippen molar-refractivity contribution in [2.45, 2.75) is 19.5 Å². The fourth-order valence-corrected chi connectivity index (χ4v) is 3.24. The average Bonchev–Trinajstić information content (AvgIpc) is 2.62. The van der Waals surface area contributed by atoms with Crippen LogP contribution in [0.1, 0.15) is 17.0 Å². The van der Waals surface area contributed by atoms with Gasteiger partial charge in [-0.1, -0.05) is 42.5 Å². The molecule has 0 saturated carbocycles. The van der Waals surface area contributed by atoms with E-state index in [4.69, 9.17) is 5.73 Å². The maximum Gasteiger partial charge on any atom is 0.232 e. The van der Waals surface area contributed by atoms with Gasteiger partial charge >= 0.3 is 0 Å². The van der Waals surface area contributed by atoms with Gasteiger partial charge in [-0.3, -0.25) is 0 Å². The van der Waals surface area contributed by atoms with Gasteiger partial charge in [-0.2, -0.15) is 15.0 Å². The highest BCUT2D eigenvalue weighted by Gasteiger charge is 2.20. The second-order valence-corrected chi connectivity index (χ2v) is 6.30. The zero-order chi connectivity index (χ0) is 17.1. The number of quaternary nitrogens is 1. The third kappa shape index (κ3) is 3.75. The predicted molar refractivity (Wildman–Crippen MR) is 97.3 cm³/mol. The van der Waals surface area contributed by atoms with E-state index in [1.54, 1.807) is 0 Å². The molecule has 0 amide bonds. The first-order chi connectivity index (χ1) is 12.3. The SMILES string of the molecule is Nc1nc(C[NH+]2CCc3ccccc3C2)nc(Nc2ccccc2)n1. The molecule has 1 aliphatic heterocycles. The van der Waals surface area contributed by atoms with E-state index in [1.165, 1.54) is 16.0 Å². The van der Waals surface area contributed by atoms with Crippen molar-refractivity contribution in [2.24, 2.45) is 0 Å². The summed E-state index contributed by atoms with van der Waals surface area (Å²) in [5, 5.41) is 3.19. The lowest BCUT2D eigenvalue weighted by Crippen LogP contribution is -3.10. The molecule has 2 aromatic carbocycles. The van der Waals surface area contributed by atoms with Crippen LogP contribution in [0.3, 0.4) is 0 Å². The van der Waals surface area contributed by atoms with Crippen molar-refractivity contribution in [3.8, 4) is 0 Å². The van der Waals surface area contributed by atoms with Crippen LogP contribution in [0.5, 0.6) is 0 Å². The minimum Gasteiger partial charge on any atom is -0.368 e. The first-order valence-corrected chi connectivity index (χ1v) is 8.49. The Labute approximate surface area is 146 Å². The Kier molecular flexibility index (Phi) is 4.26. The monoisotopic (exact) mass is 333 g/mol. The van der Waals surface area contributed by atoms with E-state index in [0.29, 0.717) is 5.95 Å². The minimum atomic E-state index is 0.250. The topological polar surface area (TPSA) is 81.2 Å². The Morgan fingerprint density at radius 3 is 2.52 bits per heavy atom. The Morgan fingerprint density at radius 1 is 0.920 bits per heavy atom. The number of benzene rings is 2. The highest BCUT2D eigenvalue weighted by Crippen LogP contribution is 2.13. The van der Waals surface area contributed by atoms with Gasteiger partial charge in [0.05, 0.1) is 6.54 Å². The lowest BCUT2D eigenvalue weighted by atomic mass is 10.00. The Bertz CT molecular complexity index is 865. The minimum absolute atomic E-state index is 0.250. The van der Waals surface area contributed by atoms with Crippen molar-refractivity contribution < 1.29 is 4.90 Å². The van der Waals surface area contributed by atoms with Crippen LogP contribution < -0.4 is 16.0 Å². The molecule has 0 fully saturated rings. The molecule has 1 aliphatic rings. The number of aromatic nitrogens is 3. The first kappa shape index (κ1) is 15.5. The smallest absolute Gasteiger partial charge is 0.232 e. The quantitative estimate of drug-likeness (QED) is 0.671. The standard InChI is InChI=1S/C19H20N6/c20-18-22-17(23-19(24-18)21-16-8-2-1-3-9-16)13-25-11-10-14-6-4-5-7-15(14)12-25/h1-9H,10-13H2,(H3,20,21,22,23,24)/p+1. The number of nitrogens with two attached hydrogens (primary N) is 1. The number of nitrogens with one attached hydrogen (secondary N) is 2. The van der Waals surface area contributed by atoms with Crippen LogP contribution in [0, 0.1) is 0 Å². The van der Waals surface area contributed by atoms with Gasteiger partial charge in [0, 0.05) is 17.7 Å². The highest BCUT2D eigenvalue weighted by molar-refractivity contribution is 5.53. The van der Waals surface area contributed by atoms with Crippen molar-refractivity contribution in [1.29, 1.82) is 0 Å². The van der Waals surface area contributed by atoms with Gasteiger partial charge in [0.15, 0.2) is 5.82 Å². The predicted octanol–water partition coefficient (Wildman–Crippen LogP) is 1.34. The molecule has 6 heteroatoms. The van der Waals surface area contributed by atoms with Crippen molar-refractivity contribution in [3.05, 3.63) is 71.5 Å². The summed E-state index contributed by atoms with van der Waals surface area (Å²) in [4.78, 5) is 14.5. The van der Waals surface area contributed by atoms with Crippen molar-refractivity contribution in [3.63, 3.8) is 0 Å². The van der Waals surface area contributed by atoms with Crippen LogP contribution in [-0.2, 0) is 19.5 Å². The molecule has 0 aliphatic carbocycles. The molecule has 3 aromatic rings. The molecule has 0 spiro atoms. The number of rotatable bonds is 4. The molecule has 25 heavy (non-hydrogen) atoms. The van der Waals surface area contributed by atoms with Crippen molar-refractivity contribution in [2.75, 3.05) is 17.6 Å². The van der Waals surface area contributed by atoms with Crippen molar-refractivity contribution in [1.82, 2.24) is 15.0 Å². The van der Waals surface area contributed by atoms with Crippen LogP contribution in [0.25, 0.3) is 0 Å². The number of anilines is 3. The normalized spacial score (nSPS) is 16.2. The maximum atomic E-state index is 5.88. The number of nitrogen functional groups attached to an aromatic ring is 1. The van der Waals surface area contributed by atoms with Gasteiger partial charge in [0.25, 0.3) is 0 Å². The maximum absolute atomic E-state index is 5.88. The van der Waals surface area contributed by atoms with Gasteiger partial charge in [-0.05, 0) is 17.7 Å². The lowest BCUT2D eigenvalue weighted by Gasteiger charge is -2.25. The summed E-state index contributed by atoms with van der Waals surface area (Å²) in [6, 6.07) is 18.5. The molecule has 4 N–H and O–H groups in total. The summed E-state index contributed by atoms with van der Waals surface area (Å²) in [5.41, 5.74) is 9.67. The number of hydrogen-bond donors (Lipinski definition) is 3. The van der Waals surface area contributed by atoms with Gasteiger partial charge in [-0.15, -0.1) is 0 Å². The van der Waals surface area contributed by atoms with Crippen LogP contribution in [0.15, 0.2) is 54.6 Å². The molecule has 1 aromatic heterocycles. The molecule has 6 nitrogen and oxygen atoms in total. The van der Waals surface area contributed by atoms with Gasteiger partial charge in [-0.25, -0.2) is 0 Å². The van der Waals surface area contributed by atoms with Crippen LogP contribution in [-0.4, -0.2) is 21.5 Å². The van der Waals surface area contributed by atoms with Gasteiger partial charge in [0.2, 0.25) is 11.9 Å².